The van der Waals surface area contributed by atoms with Gasteiger partial charge in [0.15, 0.2) is 0 Å². The van der Waals surface area contributed by atoms with Crippen LogP contribution in [0.2, 0.25) is 0 Å². The average molecular weight is 277 g/mol. The molecule has 1 aromatic carbocycles. The summed E-state index contributed by atoms with van der Waals surface area (Å²) in [6, 6.07) is 12.2. The molecule has 0 aliphatic rings. The van der Waals surface area contributed by atoms with E-state index in [2.05, 4.69) is 30.1 Å². The van der Waals surface area contributed by atoms with Gasteiger partial charge in [0.05, 0.1) is 18.2 Å². The molecule has 0 spiro atoms. The molecule has 0 unspecified atom stereocenters. The maximum Gasteiger partial charge on any atom is 0.0861 e. The number of fused-ring (bicyclic) bond motifs is 1. The molecule has 4 heteroatoms. The van der Waals surface area contributed by atoms with Crippen LogP contribution in [-0.4, -0.2) is 38.9 Å². The maximum atomic E-state index is 9.33. The monoisotopic (exact) mass is 277 g/mol. The predicted octanol–water partition coefficient (Wildman–Crippen LogP) is 2.25. The first-order valence-corrected chi connectivity index (χ1v) is 7.49. The Labute approximate surface area is 117 Å². The van der Waals surface area contributed by atoms with Crippen LogP contribution in [0.15, 0.2) is 36.4 Å². The fourth-order valence-electron chi connectivity index (χ4n) is 1.90. The molecule has 1 heterocycles. The maximum absolute atomic E-state index is 9.33. The number of rotatable bonds is 6. The molecule has 19 heavy (non-hydrogen) atoms. The Hall–Kier alpha value is -1.10. The first-order chi connectivity index (χ1) is 9.19. The van der Waals surface area contributed by atoms with Crippen molar-refractivity contribution in [1.29, 1.82) is 0 Å². The third kappa shape index (κ3) is 4.20. The fraction of sp³-hybridized carbons (Fsp3) is 0.400. The number of benzene rings is 1. The molecule has 0 fully saturated rings. The van der Waals surface area contributed by atoms with Crippen molar-refractivity contribution in [2.75, 3.05) is 12.4 Å². The number of aromatic nitrogens is 1. The van der Waals surface area contributed by atoms with Crippen LogP contribution < -0.4 is 0 Å². The highest BCUT2D eigenvalue weighted by atomic mass is 32.2. The molecule has 2 N–H and O–H groups in total. The Morgan fingerprint density at radius 1 is 1.21 bits per heavy atom. The second kappa shape index (κ2) is 6.89. The quantitative estimate of drug-likeness (QED) is 0.850. The molecule has 0 radical (unpaired) electrons. The van der Waals surface area contributed by atoms with Crippen LogP contribution >= 0.6 is 11.8 Å². The van der Waals surface area contributed by atoms with Crippen molar-refractivity contribution < 1.29 is 10.2 Å². The summed E-state index contributed by atoms with van der Waals surface area (Å²) in [5.74, 6) is 0.561. The zero-order valence-electron chi connectivity index (χ0n) is 11.0. The van der Waals surface area contributed by atoms with Crippen molar-refractivity contribution in [3.05, 3.63) is 42.1 Å². The molecular formula is C15H19NO2S. The van der Waals surface area contributed by atoms with Gasteiger partial charge in [-0.1, -0.05) is 31.2 Å². The Morgan fingerprint density at radius 3 is 2.79 bits per heavy atom. The Morgan fingerprint density at radius 2 is 2.00 bits per heavy atom. The van der Waals surface area contributed by atoms with Crippen LogP contribution in [0, 0.1) is 0 Å². The van der Waals surface area contributed by atoms with E-state index in [1.54, 1.807) is 11.8 Å². The lowest BCUT2D eigenvalue weighted by molar-refractivity contribution is 0.113. The van der Waals surface area contributed by atoms with Crippen LogP contribution in [0.25, 0.3) is 10.9 Å². The van der Waals surface area contributed by atoms with Crippen molar-refractivity contribution in [1.82, 2.24) is 4.98 Å². The molecule has 2 rings (SSSR count). The molecule has 102 valence electrons. The molecule has 0 saturated carbocycles. The lowest BCUT2D eigenvalue weighted by Crippen LogP contribution is -2.17. The van der Waals surface area contributed by atoms with Crippen molar-refractivity contribution >= 4 is 22.7 Å². The number of nitrogens with zero attached hydrogens (tertiary/aromatic N) is 1. The number of thioether (sulfide) groups is 1. The molecule has 0 aliphatic carbocycles. The number of aliphatic hydroxyl groups is 2. The minimum atomic E-state index is -0.628. The Balaban J connectivity index is 1.96. The molecule has 0 amide bonds. The summed E-state index contributed by atoms with van der Waals surface area (Å²) in [4.78, 5) is 4.64. The topological polar surface area (TPSA) is 53.4 Å². The van der Waals surface area contributed by atoms with E-state index in [0.29, 0.717) is 11.0 Å². The van der Waals surface area contributed by atoms with Gasteiger partial charge in [-0.15, -0.1) is 0 Å². The lowest BCUT2D eigenvalue weighted by atomic mass is 10.1. The SMILES string of the molecule is C[C@H](Cc1ccc2ccccc2n1)SC[C@H](O)CO. The molecule has 0 aliphatic heterocycles. The largest absolute Gasteiger partial charge is 0.394 e. The lowest BCUT2D eigenvalue weighted by Gasteiger charge is -2.13. The highest BCUT2D eigenvalue weighted by molar-refractivity contribution is 7.99. The molecule has 2 aromatic rings. The van der Waals surface area contributed by atoms with E-state index in [0.717, 1.165) is 23.0 Å². The van der Waals surface area contributed by atoms with Crippen molar-refractivity contribution in [2.45, 2.75) is 24.7 Å². The summed E-state index contributed by atoms with van der Waals surface area (Å²) >= 11 is 1.66. The van der Waals surface area contributed by atoms with E-state index < -0.39 is 6.10 Å². The van der Waals surface area contributed by atoms with Gasteiger partial charge >= 0.3 is 0 Å². The van der Waals surface area contributed by atoms with E-state index in [9.17, 15) is 5.11 Å². The van der Waals surface area contributed by atoms with Gasteiger partial charge in [0.2, 0.25) is 0 Å². The van der Waals surface area contributed by atoms with Crippen LogP contribution in [0.5, 0.6) is 0 Å². The van der Waals surface area contributed by atoms with Gasteiger partial charge in [-0.05, 0) is 12.1 Å². The van der Waals surface area contributed by atoms with Gasteiger partial charge in [-0.25, -0.2) is 0 Å². The molecule has 1 aromatic heterocycles. The zero-order valence-corrected chi connectivity index (χ0v) is 11.8. The number of hydrogen-bond acceptors (Lipinski definition) is 4. The normalized spacial score (nSPS) is 14.5. The Kier molecular flexibility index (Phi) is 5.19. The number of pyridine rings is 1. The number of para-hydroxylation sites is 1. The van der Waals surface area contributed by atoms with Crippen LogP contribution in [0.1, 0.15) is 12.6 Å². The van der Waals surface area contributed by atoms with Crippen LogP contribution in [-0.2, 0) is 6.42 Å². The minimum absolute atomic E-state index is 0.173. The first kappa shape index (κ1) is 14.3. The van der Waals surface area contributed by atoms with Crippen molar-refractivity contribution in [2.24, 2.45) is 0 Å². The second-order valence-electron chi connectivity index (χ2n) is 4.68. The minimum Gasteiger partial charge on any atom is -0.394 e. The molecule has 0 saturated heterocycles. The summed E-state index contributed by atoms with van der Waals surface area (Å²) in [5.41, 5.74) is 2.09. The van der Waals surface area contributed by atoms with Gasteiger partial charge in [0.25, 0.3) is 0 Å². The van der Waals surface area contributed by atoms with E-state index in [4.69, 9.17) is 5.11 Å². The highest BCUT2D eigenvalue weighted by Crippen LogP contribution is 2.18. The summed E-state index contributed by atoms with van der Waals surface area (Å²) in [5, 5.41) is 19.6. The number of aliphatic hydroxyl groups excluding tert-OH is 2. The van der Waals surface area contributed by atoms with Gasteiger partial charge in [-0.2, -0.15) is 11.8 Å². The third-order valence-corrected chi connectivity index (χ3v) is 4.25. The van der Waals surface area contributed by atoms with Gasteiger partial charge in [-0.3, -0.25) is 4.98 Å². The van der Waals surface area contributed by atoms with E-state index in [-0.39, 0.29) is 6.61 Å². The van der Waals surface area contributed by atoms with Crippen molar-refractivity contribution in [3.8, 4) is 0 Å². The van der Waals surface area contributed by atoms with Crippen molar-refractivity contribution in [3.63, 3.8) is 0 Å². The van der Waals surface area contributed by atoms with Gasteiger partial charge in [0, 0.05) is 28.5 Å². The van der Waals surface area contributed by atoms with E-state index >= 15 is 0 Å². The second-order valence-corrected chi connectivity index (χ2v) is 6.15. The molecular weight excluding hydrogens is 258 g/mol. The zero-order chi connectivity index (χ0) is 13.7. The predicted molar refractivity (Wildman–Crippen MR) is 80.5 cm³/mol. The highest BCUT2D eigenvalue weighted by Gasteiger charge is 2.09. The van der Waals surface area contributed by atoms with Crippen LogP contribution in [0.4, 0.5) is 0 Å². The third-order valence-electron chi connectivity index (χ3n) is 2.94. The van der Waals surface area contributed by atoms with Crippen LogP contribution in [0.3, 0.4) is 0 Å². The summed E-state index contributed by atoms with van der Waals surface area (Å²) in [6.45, 7) is 1.94. The van der Waals surface area contributed by atoms with Gasteiger partial charge in [0.1, 0.15) is 0 Å². The van der Waals surface area contributed by atoms with E-state index in [1.165, 1.54) is 0 Å². The number of hydrogen-bond donors (Lipinski definition) is 2. The Bertz CT molecular complexity index is 532. The fourth-order valence-corrected chi connectivity index (χ4v) is 2.85. The summed E-state index contributed by atoms with van der Waals surface area (Å²) in [7, 11) is 0. The smallest absolute Gasteiger partial charge is 0.0861 e. The first-order valence-electron chi connectivity index (χ1n) is 6.44. The summed E-state index contributed by atoms with van der Waals surface area (Å²) < 4.78 is 0. The summed E-state index contributed by atoms with van der Waals surface area (Å²) in [6.07, 6.45) is 0.241. The van der Waals surface area contributed by atoms with Gasteiger partial charge < -0.3 is 10.2 Å². The molecule has 3 nitrogen and oxygen atoms in total. The molecule has 2 atom stereocenters. The van der Waals surface area contributed by atoms with E-state index in [1.807, 2.05) is 18.2 Å². The standard InChI is InChI=1S/C15H19NO2S/c1-11(19-10-14(18)9-17)8-13-7-6-12-4-2-3-5-15(12)16-13/h2-7,11,14,17-18H,8-10H2,1H3/t11-,14-/m1/s1. The molecule has 0 bridgehead atoms. The average Bonchev–Trinajstić information content (AvgIpc) is 2.44.